The van der Waals surface area contributed by atoms with Crippen molar-refractivity contribution < 1.29 is 14.4 Å². The van der Waals surface area contributed by atoms with E-state index in [1.165, 1.54) is 11.8 Å². The van der Waals surface area contributed by atoms with Crippen LogP contribution in [-0.2, 0) is 9.59 Å². The van der Waals surface area contributed by atoms with E-state index in [0.717, 1.165) is 29.1 Å². The lowest BCUT2D eigenvalue weighted by Crippen LogP contribution is -2.54. The van der Waals surface area contributed by atoms with Crippen LogP contribution in [0.25, 0.3) is 0 Å². The van der Waals surface area contributed by atoms with Crippen LogP contribution in [0.5, 0.6) is 0 Å². The molecule has 1 aromatic carbocycles. The molecule has 1 aliphatic heterocycles. The molecule has 134 valence electrons. The Kier molecular flexibility index (Phi) is 5.03. The second-order valence-corrected chi connectivity index (χ2v) is 7.54. The molecule has 4 amide bonds. The van der Waals surface area contributed by atoms with Gasteiger partial charge in [-0.25, -0.2) is 4.79 Å². The Hall–Kier alpha value is -2.02. The van der Waals surface area contributed by atoms with E-state index in [0.29, 0.717) is 12.1 Å². The van der Waals surface area contributed by atoms with Crippen molar-refractivity contribution in [1.29, 1.82) is 0 Å². The molecular weight excluding hydrogens is 338 g/mol. The van der Waals surface area contributed by atoms with Crippen molar-refractivity contribution in [3.05, 3.63) is 24.3 Å². The van der Waals surface area contributed by atoms with Gasteiger partial charge in [0.25, 0.3) is 5.91 Å². The third-order valence-electron chi connectivity index (χ3n) is 5.18. The Bertz CT molecular complexity index is 709. The molecule has 7 heteroatoms. The Morgan fingerprint density at radius 3 is 2.84 bits per heavy atom. The summed E-state index contributed by atoms with van der Waals surface area (Å²) in [6.45, 7) is 1.73. The normalized spacial score (nSPS) is 26.0. The summed E-state index contributed by atoms with van der Waals surface area (Å²) in [5.74, 6) is -0.550. The molecule has 6 nitrogen and oxygen atoms in total. The monoisotopic (exact) mass is 361 g/mol. The minimum absolute atomic E-state index is 0.0861. The van der Waals surface area contributed by atoms with Gasteiger partial charge in [-0.3, -0.25) is 14.5 Å². The number of thioether (sulfide) groups is 1. The van der Waals surface area contributed by atoms with Gasteiger partial charge in [0, 0.05) is 4.90 Å². The first kappa shape index (κ1) is 17.8. The topological polar surface area (TPSA) is 78.5 Å². The molecule has 0 aromatic heterocycles. The van der Waals surface area contributed by atoms with Crippen molar-refractivity contribution >= 4 is 35.3 Å². The van der Waals surface area contributed by atoms with Gasteiger partial charge < -0.3 is 10.6 Å². The number of hydrogen-bond acceptors (Lipinski definition) is 4. The van der Waals surface area contributed by atoms with E-state index in [4.69, 9.17) is 0 Å². The lowest BCUT2D eigenvalue weighted by Gasteiger charge is -2.36. The van der Waals surface area contributed by atoms with E-state index in [2.05, 4.69) is 10.6 Å². The van der Waals surface area contributed by atoms with Gasteiger partial charge >= 0.3 is 6.03 Å². The third kappa shape index (κ3) is 3.25. The van der Waals surface area contributed by atoms with Gasteiger partial charge in [0.15, 0.2) is 0 Å². The summed E-state index contributed by atoms with van der Waals surface area (Å²) in [7, 11) is 0. The summed E-state index contributed by atoms with van der Waals surface area (Å²) in [5, 5.41) is 5.66. The van der Waals surface area contributed by atoms with Crippen LogP contribution in [0.4, 0.5) is 10.5 Å². The lowest BCUT2D eigenvalue weighted by molar-refractivity contribution is -0.136. The van der Waals surface area contributed by atoms with Gasteiger partial charge in [0.1, 0.15) is 12.1 Å². The fraction of sp³-hybridized carbons (Fsp3) is 0.500. The third-order valence-corrected chi connectivity index (χ3v) is 5.98. The van der Waals surface area contributed by atoms with E-state index < -0.39 is 11.6 Å². The smallest absolute Gasteiger partial charge is 0.324 e. The first-order valence-electron chi connectivity index (χ1n) is 8.55. The number of para-hydroxylation sites is 1. The number of amides is 4. The zero-order valence-electron chi connectivity index (χ0n) is 14.5. The average molecular weight is 361 g/mol. The second-order valence-electron chi connectivity index (χ2n) is 6.69. The molecule has 1 aromatic rings. The molecule has 1 aliphatic carbocycles. The minimum atomic E-state index is -0.827. The summed E-state index contributed by atoms with van der Waals surface area (Å²) < 4.78 is 0. The van der Waals surface area contributed by atoms with E-state index >= 15 is 0 Å². The highest BCUT2D eigenvalue weighted by Crippen LogP contribution is 2.38. The Balaban J connectivity index is 1.71. The molecule has 1 saturated carbocycles. The molecule has 1 heterocycles. The predicted octanol–water partition coefficient (Wildman–Crippen LogP) is 2.85. The first-order chi connectivity index (χ1) is 12.0. The summed E-state index contributed by atoms with van der Waals surface area (Å²) in [6.07, 6.45) is 5.46. The summed E-state index contributed by atoms with van der Waals surface area (Å²) in [4.78, 5) is 39.6. The summed E-state index contributed by atoms with van der Waals surface area (Å²) in [5.41, 5.74) is -0.139. The van der Waals surface area contributed by atoms with Crippen molar-refractivity contribution in [3.8, 4) is 0 Å². The lowest BCUT2D eigenvalue weighted by atomic mass is 9.73. The van der Waals surface area contributed by atoms with Gasteiger partial charge in [0.05, 0.1) is 5.69 Å². The Labute approximate surface area is 151 Å². The number of anilines is 1. The van der Waals surface area contributed by atoms with Crippen LogP contribution in [0.1, 0.15) is 32.6 Å². The van der Waals surface area contributed by atoms with Crippen molar-refractivity contribution in [3.63, 3.8) is 0 Å². The first-order valence-corrected chi connectivity index (χ1v) is 9.77. The number of carbonyl (C=O) groups is 3. The van der Waals surface area contributed by atoms with Gasteiger partial charge in [0.2, 0.25) is 5.91 Å². The molecule has 2 aliphatic rings. The quantitative estimate of drug-likeness (QED) is 0.638. The maximum absolute atomic E-state index is 12.9. The molecule has 25 heavy (non-hydrogen) atoms. The zero-order valence-corrected chi connectivity index (χ0v) is 15.3. The zero-order chi connectivity index (χ0) is 18.0. The van der Waals surface area contributed by atoms with Gasteiger partial charge in [-0.05, 0) is 37.1 Å². The van der Waals surface area contributed by atoms with E-state index in [-0.39, 0.29) is 24.3 Å². The van der Waals surface area contributed by atoms with Crippen LogP contribution in [0.2, 0.25) is 0 Å². The highest BCUT2D eigenvalue weighted by atomic mass is 32.2. The highest BCUT2D eigenvalue weighted by molar-refractivity contribution is 7.98. The fourth-order valence-electron chi connectivity index (χ4n) is 3.72. The number of nitrogens with one attached hydrogen (secondary N) is 2. The summed E-state index contributed by atoms with van der Waals surface area (Å²) in [6, 6.07) is 6.98. The minimum Gasteiger partial charge on any atom is -0.324 e. The summed E-state index contributed by atoms with van der Waals surface area (Å²) >= 11 is 1.52. The molecule has 1 saturated heterocycles. The van der Waals surface area contributed by atoms with Crippen LogP contribution < -0.4 is 10.6 Å². The maximum Gasteiger partial charge on any atom is 0.325 e. The number of carbonyl (C=O) groups excluding carboxylic acids is 3. The number of hydrogen-bond donors (Lipinski definition) is 2. The van der Waals surface area contributed by atoms with E-state index in [1.807, 2.05) is 31.4 Å². The Morgan fingerprint density at radius 2 is 2.12 bits per heavy atom. The van der Waals surface area contributed by atoms with Gasteiger partial charge in [-0.2, -0.15) is 0 Å². The van der Waals surface area contributed by atoms with Crippen LogP contribution in [0.3, 0.4) is 0 Å². The van der Waals surface area contributed by atoms with E-state index in [1.54, 1.807) is 6.07 Å². The molecule has 1 spiro atoms. The van der Waals surface area contributed by atoms with Crippen molar-refractivity contribution in [2.45, 2.75) is 43.0 Å². The molecule has 2 N–H and O–H groups in total. The predicted molar refractivity (Wildman–Crippen MR) is 97.5 cm³/mol. The van der Waals surface area contributed by atoms with Crippen LogP contribution >= 0.6 is 11.8 Å². The van der Waals surface area contributed by atoms with Crippen LogP contribution in [-0.4, -0.2) is 41.1 Å². The van der Waals surface area contributed by atoms with Crippen molar-refractivity contribution in [2.75, 3.05) is 18.1 Å². The molecule has 0 unspecified atom stereocenters. The van der Waals surface area contributed by atoms with Crippen molar-refractivity contribution in [2.24, 2.45) is 5.92 Å². The van der Waals surface area contributed by atoms with E-state index in [9.17, 15) is 14.4 Å². The molecule has 0 bridgehead atoms. The number of urea groups is 1. The largest absolute Gasteiger partial charge is 0.325 e. The van der Waals surface area contributed by atoms with Crippen LogP contribution in [0.15, 0.2) is 29.2 Å². The second kappa shape index (κ2) is 7.07. The molecule has 0 radical (unpaired) electrons. The van der Waals surface area contributed by atoms with Crippen LogP contribution in [0, 0.1) is 5.92 Å². The number of imide groups is 1. The number of nitrogens with zero attached hydrogens (tertiary/aromatic N) is 1. The number of benzene rings is 1. The van der Waals surface area contributed by atoms with Gasteiger partial charge in [-0.15, -0.1) is 11.8 Å². The van der Waals surface area contributed by atoms with Crippen molar-refractivity contribution in [1.82, 2.24) is 10.2 Å². The SMILES string of the molecule is CSc1ccccc1NC(=O)CN1C(=O)N[C@]2(CCCC[C@H]2C)C1=O. The molecular formula is C18H23N3O3S. The highest BCUT2D eigenvalue weighted by Gasteiger charge is 2.55. The molecule has 2 fully saturated rings. The fourth-order valence-corrected chi connectivity index (χ4v) is 4.27. The van der Waals surface area contributed by atoms with Gasteiger partial charge in [-0.1, -0.05) is 31.9 Å². The molecule has 2 atom stereocenters. The standard InChI is InChI=1S/C18H23N3O3S/c1-12-7-5-6-10-18(12)16(23)21(17(24)20-18)11-15(22)19-13-8-3-4-9-14(13)25-2/h3-4,8-9,12H,5-7,10-11H2,1-2H3,(H,19,22)(H,20,24)/t12-,18+/m1/s1. The maximum atomic E-state index is 12.9. The average Bonchev–Trinajstić information content (AvgIpc) is 2.83. The number of rotatable bonds is 4. The molecule has 3 rings (SSSR count). The Morgan fingerprint density at radius 1 is 1.36 bits per heavy atom.